The first-order valence-electron chi connectivity index (χ1n) is 5.86. The van der Waals surface area contributed by atoms with E-state index in [-0.39, 0.29) is 0 Å². The molecule has 0 radical (unpaired) electrons. The normalized spacial score (nSPS) is 11.2. The third-order valence-corrected chi connectivity index (χ3v) is 2.73. The molecule has 0 spiro atoms. The molecule has 0 aromatic heterocycles. The minimum atomic E-state index is -0.392. The van der Waals surface area contributed by atoms with Gasteiger partial charge in [-0.2, -0.15) is 0 Å². The summed E-state index contributed by atoms with van der Waals surface area (Å²) in [4.78, 5) is 11.5. The van der Waals surface area contributed by atoms with Crippen molar-refractivity contribution in [2.45, 2.75) is 6.42 Å². The Labute approximate surface area is 107 Å². The van der Waals surface area contributed by atoms with Crippen LogP contribution in [0, 0.1) is 0 Å². The summed E-state index contributed by atoms with van der Waals surface area (Å²) in [6.45, 7) is 0. The van der Waals surface area contributed by atoms with Crippen molar-refractivity contribution >= 4 is 11.5 Å². The molecule has 2 aromatic carbocycles. The summed E-state index contributed by atoms with van der Waals surface area (Å²) >= 11 is 0. The van der Waals surface area contributed by atoms with Crippen molar-refractivity contribution in [1.29, 1.82) is 0 Å². The predicted octanol–water partition coefficient (Wildman–Crippen LogP) is 2.80. The molecule has 2 heteroatoms. The molecule has 18 heavy (non-hydrogen) atoms. The van der Waals surface area contributed by atoms with Crippen LogP contribution in [0.5, 0.6) is 0 Å². The molecule has 0 heterocycles. The lowest BCUT2D eigenvalue weighted by Gasteiger charge is -2.04. The first kappa shape index (κ1) is 12.1. The number of hydrogen-bond donors (Lipinski definition) is 1. The molecular weight excluding hydrogens is 222 g/mol. The summed E-state index contributed by atoms with van der Waals surface area (Å²) in [5, 5.41) is 0. The van der Waals surface area contributed by atoms with Crippen molar-refractivity contribution in [1.82, 2.24) is 0 Å². The van der Waals surface area contributed by atoms with E-state index in [1.165, 1.54) is 0 Å². The Kier molecular flexibility index (Phi) is 3.92. The zero-order chi connectivity index (χ0) is 12.8. The SMILES string of the molecule is NC(=O)/C(=C\Cc1ccccc1)c1ccccc1. The second-order valence-corrected chi connectivity index (χ2v) is 4.04. The van der Waals surface area contributed by atoms with Crippen molar-refractivity contribution in [3.63, 3.8) is 0 Å². The molecule has 1 amide bonds. The first-order valence-corrected chi connectivity index (χ1v) is 5.86. The number of carbonyl (C=O) groups is 1. The fraction of sp³-hybridized carbons (Fsp3) is 0.0625. The molecule has 0 saturated heterocycles. The molecule has 0 aliphatic carbocycles. The van der Waals surface area contributed by atoms with E-state index < -0.39 is 5.91 Å². The van der Waals surface area contributed by atoms with Crippen LogP contribution in [0.25, 0.3) is 5.57 Å². The minimum Gasteiger partial charge on any atom is -0.366 e. The fourth-order valence-corrected chi connectivity index (χ4v) is 1.81. The van der Waals surface area contributed by atoms with Crippen molar-refractivity contribution in [2.75, 3.05) is 0 Å². The van der Waals surface area contributed by atoms with E-state index >= 15 is 0 Å². The van der Waals surface area contributed by atoms with Crippen LogP contribution >= 0.6 is 0 Å². The predicted molar refractivity (Wildman–Crippen MR) is 73.8 cm³/mol. The van der Waals surface area contributed by atoms with Crippen molar-refractivity contribution in [2.24, 2.45) is 5.73 Å². The van der Waals surface area contributed by atoms with Gasteiger partial charge in [0, 0.05) is 5.57 Å². The highest BCUT2D eigenvalue weighted by atomic mass is 16.1. The van der Waals surface area contributed by atoms with E-state index in [1.807, 2.05) is 66.7 Å². The maximum absolute atomic E-state index is 11.5. The Morgan fingerprint density at radius 1 is 0.944 bits per heavy atom. The van der Waals surface area contributed by atoms with E-state index in [0.29, 0.717) is 12.0 Å². The van der Waals surface area contributed by atoms with E-state index in [1.54, 1.807) is 0 Å². The summed E-state index contributed by atoms with van der Waals surface area (Å²) in [7, 11) is 0. The molecule has 2 nitrogen and oxygen atoms in total. The van der Waals surface area contributed by atoms with Crippen molar-refractivity contribution < 1.29 is 4.79 Å². The van der Waals surface area contributed by atoms with E-state index in [0.717, 1.165) is 11.1 Å². The molecule has 0 saturated carbocycles. The van der Waals surface area contributed by atoms with Gasteiger partial charge in [-0.3, -0.25) is 4.79 Å². The molecular formula is C16H15NO. The molecule has 0 atom stereocenters. The highest BCUT2D eigenvalue weighted by molar-refractivity contribution is 6.18. The Morgan fingerprint density at radius 3 is 2.06 bits per heavy atom. The molecule has 0 fully saturated rings. The third kappa shape index (κ3) is 3.08. The maximum Gasteiger partial charge on any atom is 0.248 e. The van der Waals surface area contributed by atoms with Gasteiger partial charge in [0.15, 0.2) is 0 Å². The average molecular weight is 237 g/mol. The smallest absolute Gasteiger partial charge is 0.248 e. The number of allylic oxidation sites excluding steroid dienone is 1. The largest absolute Gasteiger partial charge is 0.366 e. The second-order valence-electron chi connectivity index (χ2n) is 4.04. The van der Waals surface area contributed by atoms with Gasteiger partial charge >= 0.3 is 0 Å². The number of rotatable bonds is 4. The molecule has 2 N–H and O–H groups in total. The number of nitrogens with two attached hydrogens (primary N) is 1. The van der Waals surface area contributed by atoms with Crippen LogP contribution in [0.4, 0.5) is 0 Å². The number of benzene rings is 2. The topological polar surface area (TPSA) is 43.1 Å². The molecule has 0 unspecified atom stereocenters. The Bertz CT molecular complexity index is 544. The standard InChI is InChI=1S/C16H15NO/c17-16(18)15(14-9-5-2-6-10-14)12-11-13-7-3-1-4-8-13/h1-10,12H,11H2,(H2,17,18)/b15-12-. The number of primary amides is 1. The van der Waals surface area contributed by atoms with Gasteiger partial charge in [0.25, 0.3) is 0 Å². The fourth-order valence-electron chi connectivity index (χ4n) is 1.81. The number of carbonyl (C=O) groups excluding carboxylic acids is 1. The molecule has 0 aliphatic heterocycles. The molecule has 2 aromatic rings. The molecule has 0 aliphatic rings. The number of hydrogen-bond acceptors (Lipinski definition) is 1. The van der Waals surface area contributed by atoms with Gasteiger partial charge < -0.3 is 5.73 Å². The van der Waals surface area contributed by atoms with Crippen LogP contribution in [-0.4, -0.2) is 5.91 Å². The van der Waals surface area contributed by atoms with Crippen molar-refractivity contribution in [3.05, 3.63) is 77.9 Å². The van der Waals surface area contributed by atoms with Crippen LogP contribution in [0.2, 0.25) is 0 Å². The highest BCUT2D eigenvalue weighted by Crippen LogP contribution is 2.14. The lowest BCUT2D eigenvalue weighted by molar-refractivity contribution is -0.112. The molecule has 0 bridgehead atoms. The Hall–Kier alpha value is -2.35. The lowest BCUT2D eigenvalue weighted by Crippen LogP contribution is -2.13. The van der Waals surface area contributed by atoms with Crippen LogP contribution in [0.3, 0.4) is 0 Å². The lowest BCUT2D eigenvalue weighted by atomic mass is 10.0. The van der Waals surface area contributed by atoms with Gasteiger partial charge in [0.05, 0.1) is 0 Å². The summed E-state index contributed by atoms with van der Waals surface area (Å²) in [5.74, 6) is -0.392. The van der Waals surface area contributed by atoms with E-state index in [4.69, 9.17) is 5.73 Å². The number of amides is 1. The Balaban J connectivity index is 2.24. The summed E-state index contributed by atoms with van der Waals surface area (Å²) < 4.78 is 0. The van der Waals surface area contributed by atoms with Gasteiger partial charge in [0.1, 0.15) is 0 Å². The zero-order valence-corrected chi connectivity index (χ0v) is 10.0. The Morgan fingerprint density at radius 2 is 1.50 bits per heavy atom. The maximum atomic E-state index is 11.5. The van der Waals surface area contributed by atoms with Crippen LogP contribution in [-0.2, 0) is 11.2 Å². The third-order valence-electron chi connectivity index (χ3n) is 2.73. The summed E-state index contributed by atoms with van der Waals surface area (Å²) in [6.07, 6.45) is 2.58. The summed E-state index contributed by atoms with van der Waals surface area (Å²) in [6, 6.07) is 19.5. The molecule has 90 valence electrons. The van der Waals surface area contributed by atoms with E-state index in [9.17, 15) is 4.79 Å². The monoisotopic (exact) mass is 237 g/mol. The van der Waals surface area contributed by atoms with Crippen LogP contribution < -0.4 is 5.73 Å². The minimum absolute atomic E-state index is 0.392. The quantitative estimate of drug-likeness (QED) is 0.816. The molecule has 2 rings (SSSR count). The average Bonchev–Trinajstić information content (AvgIpc) is 2.41. The van der Waals surface area contributed by atoms with Gasteiger partial charge in [-0.25, -0.2) is 0 Å². The van der Waals surface area contributed by atoms with E-state index in [2.05, 4.69) is 0 Å². The van der Waals surface area contributed by atoms with Gasteiger partial charge in [-0.15, -0.1) is 0 Å². The van der Waals surface area contributed by atoms with Gasteiger partial charge in [0.2, 0.25) is 5.91 Å². The van der Waals surface area contributed by atoms with Crippen molar-refractivity contribution in [3.8, 4) is 0 Å². The van der Waals surface area contributed by atoms with Gasteiger partial charge in [-0.05, 0) is 17.5 Å². The summed E-state index contributed by atoms with van der Waals surface area (Å²) in [5.41, 5.74) is 8.02. The van der Waals surface area contributed by atoms with Gasteiger partial charge in [-0.1, -0.05) is 66.7 Å². The second kappa shape index (κ2) is 5.82. The van der Waals surface area contributed by atoms with Crippen LogP contribution in [0.15, 0.2) is 66.7 Å². The first-order chi connectivity index (χ1) is 8.77. The zero-order valence-electron chi connectivity index (χ0n) is 10.0. The van der Waals surface area contributed by atoms with Crippen LogP contribution in [0.1, 0.15) is 11.1 Å². The highest BCUT2D eigenvalue weighted by Gasteiger charge is 2.06.